The summed E-state index contributed by atoms with van der Waals surface area (Å²) >= 11 is 0. The highest BCUT2D eigenvalue weighted by atomic mass is 15.5. The van der Waals surface area contributed by atoms with E-state index in [9.17, 15) is 0 Å². The predicted octanol–water partition coefficient (Wildman–Crippen LogP) is 2.72. The van der Waals surface area contributed by atoms with Gasteiger partial charge < -0.3 is 0 Å². The van der Waals surface area contributed by atoms with Crippen LogP contribution in [0, 0.1) is 0 Å². The molecule has 0 aliphatic carbocycles. The number of likely N-dealkylation sites (N-methyl/N-ethyl adjacent to an activating group) is 1. The molecule has 2 rings (SSSR count). The van der Waals surface area contributed by atoms with Crippen LogP contribution in [0.5, 0.6) is 0 Å². The fraction of sp³-hybridized carbons (Fsp3) is 0.929. The van der Waals surface area contributed by atoms with Crippen LogP contribution in [0.25, 0.3) is 0 Å². The van der Waals surface area contributed by atoms with Gasteiger partial charge in [-0.2, -0.15) is 5.10 Å². The monoisotopic (exact) mass is 237 g/mol. The standard InChI is InChI=1S/C14H27N3/c1-13(2,3)17-11-7-6-8-12(17)14(4)9-10-15-16(14)5/h10,12H,6-9,11H2,1-5H3/t12-,14?/m1/s1. The van der Waals surface area contributed by atoms with Gasteiger partial charge >= 0.3 is 0 Å². The highest BCUT2D eigenvalue weighted by Gasteiger charge is 2.46. The first-order chi connectivity index (χ1) is 7.86. The second-order valence-corrected chi connectivity index (χ2v) is 6.76. The minimum Gasteiger partial charge on any atom is -0.293 e. The molecular formula is C14H27N3. The third kappa shape index (κ3) is 2.22. The zero-order valence-corrected chi connectivity index (χ0v) is 12.0. The Morgan fingerprint density at radius 1 is 1.29 bits per heavy atom. The molecule has 98 valence electrons. The van der Waals surface area contributed by atoms with Crippen molar-refractivity contribution in [3.63, 3.8) is 0 Å². The summed E-state index contributed by atoms with van der Waals surface area (Å²) in [6.07, 6.45) is 7.17. The third-order valence-corrected chi connectivity index (χ3v) is 4.58. The van der Waals surface area contributed by atoms with Crippen molar-refractivity contribution in [1.82, 2.24) is 9.91 Å². The molecule has 1 saturated heterocycles. The van der Waals surface area contributed by atoms with E-state index in [1.54, 1.807) is 0 Å². The van der Waals surface area contributed by atoms with Crippen LogP contribution in [0.2, 0.25) is 0 Å². The predicted molar refractivity (Wildman–Crippen MR) is 73.4 cm³/mol. The van der Waals surface area contributed by atoms with E-state index in [0.29, 0.717) is 6.04 Å². The lowest BCUT2D eigenvalue weighted by molar-refractivity contribution is -0.0314. The Balaban J connectivity index is 2.22. The molecule has 17 heavy (non-hydrogen) atoms. The van der Waals surface area contributed by atoms with E-state index in [1.807, 2.05) is 0 Å². The van der Waals surface area contributed by atoms with Crippen LogP contribution >= 0.6 is 0 Å². The number of hydrazone groups is 1. The van der Waals surface area contributed by atoms with Gasteiger partial charge in [0.1, 0.15) is 0 Å². The van der Waals surface area contributed by atoms with Crippen molar-refractivity contribution in [2.45, 2.75) is 70.5 Å². The van der Waals surface area contributed by atoms with Crippen LogP contribution in [0.15, 0.2) is 5.10 Å². The lowest BCUT2D eigenvalue weighted by Gasteiger charge is -2.52. The van der Waals surface area contributed by atoms with Crippen LogP contribution in [0.1, 0.15) is 53.4 Å². The molecule has 2 heterocycles. The molecule has 1 fully saturated rings. The first-order valence-electron chi connectivity index (χ1n) is 6.89. The highest BCUT2D eigenvalue weighted by molar-refractivity contribution is 5.61. The smallest absolute Gasteiger partial charge is 0.0752 e. The van der Waals surface area contributed by atoms with Gasteiger partial charge in [0.05, 0.1) is 5.54 Å². The van der Waals surface area contributed by atoms with E-state index in [-0.39, 0.29) is 11.1 Å². The summed E-state index contributed by atoms with van der Waals surface area (Å²) in [5.74, 6) is 0. The van der Waals surface area contributed by atoms with Crippen LogP contribution in [-0.2, 0) is 0 Å². The molecule has 3 nitrogen and oxygen atoms in total. The van der Waals surface area contributed by atoms with Crippen molar-refractivity contribution < 1.29 is 0 Å². The molecule has 0 saturated carbocycles. The van der Waals surface area contributed by atoms with Crippen molar-refractivity contribution in [2.24, 2.45) is 5.10 Å². The topological polar surface area (TPSA) is 18.8 Å². The van der Waals surface area contributed by atoms with Gasteiger partial charge in [-0.05, 0) is 47.1 Å². The van der Waals surface area contributed by atoms with Crippen molar-refractivity contribution in [3.8, 4) is 0 Å². The average molecular weight is 237 g/mol. The van der Waals surface area contributed by atoms with Crippen molar-refractivity contribution in [1.29, 1.82) is 0 Å². The fourth-order valence-electron chi connectivity index (χ4n) is 3.34. The molecule has 0 aromatic rings. The Kier molecular flexibility index (Phi) is 3.23. The van der Waals surface area contributed by atoms with Crippen molar-refractivity contribution in [3.05, 3.63) is 0 Å². The van der Waals surface area contributed by atoms with Gasteiger partial charge in [0.15, 0.2) is 0 Å². The summed E-state index contributed by atoms with van der Waals surface area (Å²) in [5, 5.41) is 6.64. The number of hydrogen-bond acceptors (Lipinski definition) is 3. The minimum atomic E-state index is 0.188. The second kappa shape index (κ2) is 4.27. The van der Waals surface area contributed by atoms with E-state index < -0.39 is 0 Å². The van der Waals surface area contributed by atoms with Crippen molar-refractivity contribution in [2.75, 3.05) is 13.6 Å². The Morgan fingerprint density at radius 2 is 2.00 bits per heavy atom. The van der Waals surface area contributed by atoms with Gasteiger partial charge in [-0.15, -0.1) is 0 Å². The van der Waals surface area contributed by atoms with Gasteiger partial charge in [0.25, 0.3) is 0 Å². The molecule has 3 heteroatoms. The SMILES string of the molecule is CN1N=CCC1(C)[C@H]1CCCCN1C(C)(C)C. The minimum absolute atomic E-state index is 0.188. The Hall–Kier alpha value is -0.570. The normalized spacial score (nSPS) is 35.6. The van der Waals surface area contributed by atoms with E-state index in [2.05, 4.69) is 56.0 Å². The molecule has 2 aliphatic rings. The van der Waals surface area contributed by atoms with E-state index in [4.69, 9.17) is 0 Å². The lowest BCUT2D eigenvalue weighted by Crippen LogP contribution is -2.62. The first kappa shape index (κ1) is 12.9. The number of rotatable bonds is 1. The summed E-state index contributed by atoms with van der Waals surface area (Å²) in [7, 11) is 2.12. The zero-order valence-electron chi connectivity index (χ0n) is 12.0. The Bertz CT molecular complexity index is 305. The van der Waals surface area contributed by atoms with Crippen LogP contribution in [0.4, 0.5) is 0 Å². The maximum atomic E-state index is 4.46. The molecular weight excluding hydrogens is 210 g/mol. The van der Waals surface area contributed by atoms with Gasteiger partial charge in [-0.3, -0.25) is 9.91 Å². The quantitative estimate of drug-likeness (QED) is 0.698. The average Bonchev–Trinajstić information content (AvgIpc) is 2.59. The number of nitrogens with zero attached hydrogens (tertiary/aromatic N) is 3. The lowest BCUT2D eigenvalue weighted by atomic mass is 9.80. The van der Waals surface area contributed by atoms with Gasteiger partial charge in [-0.1, -0.05) is 6.42 Å². The summed E-state index contributed by atoms with van der Waals surface area (Å²) in [5.41, 5.74) is 0.450. The second-order valence-electron chi connectivity index (χ2n) is 6.76. The number of hydrogen-bond donors (Lipinski definition) is 0. The van der Waals surface area contributed by atoms with Crippen LogP contribution < -0.4 is 0 Å². The van der Waals surface area contributed by atoms with Gasteiger partial charge in [-0.25, -0.2) is 0 Å². The molecule has 2 aliphatic heterocycles. The van der Waals surface area contributed by atoms with Gasteiger partial charge in [0, 0.05) is 31.3 Å². The largest absolute Gasteiger partial charge is 0.293 e. The summed E-state index contributed by atoms with van der Waals surface area (Å²) < 4.78 is 0. The summed E-state index contributed by atoms with van der Waals surface area (Å²) in [6, 6.07) is 0.628. The molecule has 2 atom stereocenters. The maximum Gasteiger partial charge on any atom is 0.0752 e. The third-order valence-electron chi connectivity index (χ3n) is 4.58. The van der Waals surface area contributed by atoms with Crippen molar-refractivity contribution >= 4 is 6.21 Å². The van der Waals surface area contributed by atoms with E-state index in [1.165, 1.54) is 25.8 Å². The Labute approximate surface area is 106 Å². The summed E-state index contributed by atoms with van der Waals surface area (Å²) in [6.45, 7) is 10.6. The molecule has 0 amide bonds. The number of piperidine rings is 1. The highest BCUT2D eigenvalue weighted by Crippen LogP contribution is 2.37. The molecule has 0 aromatic heterocycles. The number of likely N-dealkylation sites (tertiary alicyclic amines) is 1. The van der Waals surface area contributed by atoms with E-state index >= 15 is 0 Å². The first-order valence-corrected chi connectivity index (χ1v) is 6.89. The molecule has 0 radical (unpaired) electrons. The molecule has 1 unspecified atom stereocenters. The zero-order chi connectivity index (χ0) is 12.7. The fourth-order valence-corrected chi connectivity index (χ4v) is 3.34. The summed E-state index contributed by atoms with van der Waals surface area (Å²) in [4.78, 5) is 2.70. The van der Waals surface area contributed by atoms with Crippen LogP contribution in [-0.4, -0.2) is 46.8 Å². The molecule has 0 aromatic carbocycles. The molecule has 0 spiro atoms. The molecule has 0 bridgehead atoms. The molecule has 0 N–H and O–H groups in total. The van der Waals surface area contributed by atoms with E-state index in [0.717, 1.165) is 6.42 Å². The van der Waals surface area contributed by atoms with Gasteiger partial charge in [0.2, 0.25) is 0 Å². The Morgan fingerprint density at radius 3 is 2.53 bits per heavy atom. The van der Waals surface area contributed by atoms with Crippen LogP contribution in [0.3, 0.4) is 0 Å². The maximum absolute atomic E-state index is 4.46.